The predicted molar refractivity (Wildman–Crippen MR) is 77.8 cm³/mol. The first-order valence-electron chi connectivity index (χ1n) is 7.73. The van der Waals surface area contributed by atoms with E-state index in [9.17, 15) is 4.79 Å². The molecule has 0 aromatic heterocycles. The molecule has 4 nitrogen and oxygen atoms in total. The zero-order chi connectivity index (χ0) is 14.0. The minimum absolute atomic E-state index is 0.227. The Balaban J connectivity index is 1.95. The molecule has 0 spiro atoms. The van der Waals surface area contributed by atoms with Crippen LogP contribution in [0.3, 0.4) is 0 Å². The molecule has 1 aliphatic carbocycles. The van der Waals surface area contributed by atoms with Crippen molar-refractivity contribution in [2.24, 2.45) is 17.6 Å². The van der Waals surface area contributed by atoms with E-state index < -0.39 is 0 Å². The van der Waals surface area contributed by atoms with Crippen molar-refractivity contribution in [1.29, 1.82) is 0 Å². The summed E-state index contributed by atoms with van der Waals surface area (Å²) in [5.74, 6) is 1.17. The van der Waals surface area contributed by atoms with Crippen LogP contribution in [0.1, 0.15) is 39.5 Å². The Kier molecular flexibility index (Phi) is 4.85. The van der Waals surface area contributed by atoms with Gasteiger partial charge in [0, 0.05) is 31.1 Å². The maximum Gasteiger partial charge on any atom is 0.225 e. The van der Waals surface area contributed by atoms with Crippen LogP contribution in [-0.4, -0.2) is 54.5 Å². The van der Waals surface area contributed by atoms with E-state index in [0.29, 0.717) is 23.9 Å². The van der Waals surface area contributed by atoms with Crippen molar-refractivity contribution in [2.75, 3.05) is 26.7 Å². The van der Waals surface area contributed by atoms with Crippen LogP contribution >= 0.6 is 0 Å². The second kappa shape index (κ2) is 6.23. The average molecular weight is 267 g/mol. The number of nitrogens with two attached hydrogens (primary N) is 1. The Hall–Kier alpha value is -0.610. The lowest BCUT2D eigenvalue weighted by molar-refractivity contribution is -0.141. The van der Waals surface area contributed by atoms with E-state index in [1.165, 1.54) is 6.42 Å². The molecule has 0 bridgehead atoms. The summed E-state index contributed by atoms with van der Waals surface area (Å²) in [6.45, 7) is 6.91. The van der Waals surface area contributed by atoms with Crippen LogP contribution in [0.25, 0.3) is 0 Å². The van der Waals surface area contributed by atoms with Gasteiger partial charge in [0.1, 0.15) is 0 Å². The minimum Gasteiger partial charge on any atom is -0.339 e. The van der Waals surface area contributed by atoms with Crippen molar-refractivity contribution in [3.8, 4) is 0 Å². The first-order chi connectivity index (χ1) is 9.02. The monoisotopic (exact) mass is 267 g/mol. The van der Waals surface area contributed by atoms with Crippen molar-refractivity contribution >= 4 is 5.91 Å². The highest BCUT2D eigenvalue weighted by Gasteiger charge is 2.34. The average Bonchev–Trinajstić information content (AvgIpc) is 2.43. The van der Waals surface area contributed by atoms with E-state index in [1.807, 2.05) is 0 Å². The summed E-state index contributed by atoms with van der Waals surface area (Å²) >= 11 is 0. The van der Waals surface area contributed by atoms with Crippen LogP contribution in [0.15, 0.2) is 0 Å². The van der Waals surface area contributed by atoms with Crippen molar-refractivity contribution in [3.63, 3.8) is 0 Å². The third-order valence-electron chi connectivity index (χ3n) is 5.14. The molecule has 1 amide bonds. The van der Waals surface area contributed by atoms with Gasteiger partial charge in [-0.15, -0.1) is 0 Å². The summed E-state index contributed by atoms with van der Waals surface area (Å²) in [4.78, 5) is 17.1. The van der Waals surface area contributed by atoms with Crippen LogP contribution in [0.2, 0.25) is 0 Å². The summed E-state index contributed by atoms with van der Waals surface area (Å²) in [5.41, 5.74) is 5.77. The quantitative estimate of drug-likeness (QED) is 0.820. The minimum atomic E-state index is 0.227. The molecule has 4 unspecified atom stereocenters. The number of likely N-dealkylation sites (N-methyl/N-ethyl adjacent to an activating group) is 1. The molecular weight excluding hydrogens is 238 g/mol. The summed E-state index contributed by atoms with van der Waals surface area (Å²) in [6.07, 6.45) is 4.43. The highest BCUT2D eigenvalue weighted by Crippen LogP contribution is 2.30. The zero-order valence-corrected chi connectivity index (χ0v) is 12.6. The molecule has 0 radical (unpaired) electrons. The molecular formula is C15H29N3O. The van der Waals surface area contributed by atoms with Gasteiger partial charge in [-0.05, 0) is 52.6 Å². The molecule has 110 valence electrons. The van der Waals surface area contributed by atoms with Gasteiger partial charge in [0.2, 0.25) is 5.91 Å². The second-order valence-corrected chi connectivity index (χ2v) is 6.57. The fourth-order valence-corrected chi connectivity index (χ4v) is 3.57. The Morgan fingerprint density at radius 2 is 1.84 bits per heavy atom. The number of rotatable bonds is 2. The van der Waals surface area contributed by atoms with Crippen molar-refractivity contribution in [3.05, 3.63) is 0 Å². The van der Waals surface area contributed by atoms with Gasteiger partial charge in [-0.2, -0.15) is 0 Å². The van der Waals surface area contributed by atoms with Gasteiger partial charge < -0.3 is 10.6 Å². The third kappa shape index (κ3) is 3.29. The molecule has 1 heterocycles. The van der Waals surface area contributed by atoms with Gasteiger partial charge >= 0.3 is 0 Å². The number of carbonyl (C=O) groups is 1. The van der Waals surface area contributed by atoms with Gasteiger partial charge in [0.05, 0.1) is 0 Å². The van der Waals surface area contributed by atoms with E-state index >= 15 is 0 Å². The maximum atomic E-state index is 12.7. The molecule has 1 saturated carbocycles. The molecule has 4 heteroatoms. The van der Waals surface area contributed by atoms with Gasteiger partial charge in [0.15, 0.2) is 0 Å². The Morgan fingerprint density at radius 1 is 1.21 bits per heavy atom. The molecule has 2 N–H and O–H groups in total. The van der Waals surface area contributed by atoms with Gasteiger partial charge in [-0.25, -0.2) is 0 Å². The van der Waals surface area contributed by atoms with Crippen LogP contribution in [0.5, 0.6) is 0 Å². The molecule has 4 atom stereocenters. The fraction of sp³-hybridized carbons (Fsp3) is 0.933. The Morgan fingerprint density at radius 3 is 2.42 bits per heavy atom. The van der Waals surface area contributed by atoms with Gasteiger partial charge in [-0.3, -0.25) is 9.69 Å². The van der Waals surface area contributed by atoms with E-state index in [4.69, 9.17) is 5.73 Å². The molecule has 19 heavy (non-hydrogen) atoms. The van der Waals surface area contributed by atoms with Crippen LogP contribution in [0.4, 0.5) is 0 Å². The highest BCUT2D eigenvalue weighted by atomic mass is 16.2. The summed E-state index contributed by atoms with van der Waals surface area (Å²) < 4.78 is 0. The first kappa shape index (κ1) is 14.8. The lowest BCUT2D eigenvalue weighted by Crippen LogP contribution is -2.57. The lowest BCUT2D eigenvalue weighted by Gasteiger charge is -2.44. The maximum absolute atomic E-state index is 12.7. The van der Waals surface area contributed by atoms with E-state index in [0.717, 1.165) is 38.9 Å². The van der Waals surface area contributed by atoms with Crippen LogP contribution < -0.4 is 5.73 Å². The Labute approximate surface area is 117 Å². The number of hydrogen-bond acceptors (Lipinski definition) is 3. The smallest absolute Gasteiger partial charge is 0.225 e. The largest absolute Gasteiger partial charge is 0.339 e. The van der Waals surface area contributed by atoms with Crippen LogP contribution in [-0.2, 0) is 4.79 Å². The van der Waals surface area contributed by atoms with Gasteiger partial charge in [0.25, 0.3) is 0 Å². The van der Waals surface area contributed by atoms with Crippen molar-refractivity contribution in [1.82, 2.24) is 9.80 Å². The number of hydrogen-bond donors (Lipinski definition) is 1. The third-order valence-corrected chi connectivity index (χ3v) is 5.14. The summed E-state index contributed by atoms with van der Waals surface area (Å²) in [5, 5.41) is 0. The summed E-state index contributed by atoms with van der Waals surface area (Å²) in [6, 6.07) is 0.920. The molecule has 0 aromatic carbocycles. The van der Waals surface area contributed by atoms with Gasteiger partial charge in [-0.1, -0.05) is 6.42 Å². The molecule has 1 aliphatic heterocycles. The lowest BCUT2D eigenvalue weighted by atomic mass is 9.80. The van der Waals surface area contributed by atoms with Crippen molar-refractivity contribution < 1.29 is 4.79 Å². The number of piperazine rings is 1. The molecule has 2 aliphatic rings. The normalized spacial score (nSPS) is 37.4. The number of carbonyl (C=O) groups excluding carboxylic acids is 1. The molecule has 0 aromatic rings. The fourth-order valence-electron chi connectivity index (χ4n) is 3.57. The number of nitrogens with zero attached hydrogens (tertiary/aromatic N) is 2. The van der Waals surface area contributed by atoms with Crippen LogP contribution in [0, 0.1) is 11.8 Å². The SMILES string of the molecule is CC1CN(C(=O)C2CCCC(CN)C2)CC(C)N1C. The molecule has 2 fully saturated rings. The molecule has 1 saturated heterocycles. The first-order valence-corrected chi connectivity index (χ1v) is 7.73. The highest BCUT2D eigenvalue weighted by molar-refractivity contribution is 5.79. The van der Waals surface area contributed by atoms with E-state index in [-0.39, 0.29) is 5.92 Å². The topological polar surface area (TPSA) is 49.6 Å². The number of amides is 1. The predicted octanol–water partition coefficient (Wildman–Crippen LogP) is 1.30. The van der Waals surface area contributed by atoms with Crippen molar-refractivity contribution in [2.45, 2.75) is 51.6 Å². The standard InChI is InChI=1S/C15H29N3O/c1-11-9-18(10-12(2)17(11)3)15(19)14-6-4-5-13(7-14)8-16/h11-14H,4-10,16H2,1-3H3. The summed E-state index contributed by atoms with van der Waals surface area (Å²) in [7, 11) is 2.15. The Bertz CT molecular complexity index is 309. The second-order valence-electron chi connectivity index (χ2n) is 6.57. The van der Waals surface area contributed by atoms with E-state index in [1.54, 1.807) is 0 Å². The zero-order valence-electron chi connectivity index (χ0n) is 12.6. The molecule has 2 rings (SSSR count). The van der Waals surface area contributed by atoms with E-state index in [2.05, 4.69) is 30.7 Å².